The zero-order chi connectivity index (χ0) is 21.0. The molecule has 0 fully saturated rings. The van der Waals surface area contributed by atoms with Gasteiger partial charge in [0.15, 0.2) is 0 Å². The van der Waals surface area contributed by atoms with Crippen molar-refractivity contribution in [1.82, 2.24) is 0 Å². The Kier molecular flexibility index (Phi) is 6.43. The van der Waals surface area contributed by atoms with Crippen LogP contribution in [0.4, 0.5) is 14.5 Å². The van der Waals surface area contributed by atoms with Gasteiger partial charge in [-0.3, -0.25) is 9.59 Å². The van der Waals surface area contributed by atoms with Gasteiger partial charge in [0, 0.05) is 18.3 Å². The summed E-state index contributed by atoms with van der Waals surface area (Å²) in [5, 5.41) is 8.86. The topological polar surface area (TPSA) is 92.9 Å². The molecule has 0 radical (unpaired) electrons. The van der Waals surface area contributed by atoms with Crippen LogP contribution in [0.15, 0.2) is 36.4 Å². The van der Waals surface area contributed by atoms with E-state index in [2.05, 4.69) is 0 Å². The van der Waals surface area contributed by atoms with Crippen LogP contribution in [0.5, 0.6) is 5.75 Å². The molecule has 1 aliphatic heterocycles. The lowest BCUT2D eigenvalue weighted by atomic mass is 10.1. The first kappa shape index (κ1) is 20.7. The van der Waals surface area contributed by atoms with Gasteiger partial charge < -0.3 is 20.5 Å². The number of aliphatic carboxylic acids is 1. The highest BCUT2D eigenvalue weighted by molar-refractivity contribution is 5.97. The Labute approximate surface area is 166 Å². The minimum Gasteiger partial charge on any atom is -0.494 e. The van der Waals surface area contributed by atoms with Crippen molar-refractivity contribution < 1.29 is 28.2 Å². The molecule has 2 aromatic rings. The number of carbonyl (C=O) groups excluding carboxylic acids is 1. The molecule has 1 aliphatic rings. The van der Waals surface area contributed by atoms with Gasteiger partial charge in [-0.15, -0.1) is 0 Å². The number of carboxylic acid groups (broad SMARTS) is 1. The fraction of sp³-hybridized carbons (Fsp3) is 0.333. The van der Waals surface area contributed by atoms with E-state index in [1.54, 1.807) is 17.0 Å². The Morgan fingerprint density at radius 3 is 2.72 bits per heavy atom. The standard InChI is InChI=1S/C21H22F2N2O4/c22-15-4-3-13(17(23)11-15)2-1-9-29-16-5-6-19-14(10-16)7-8-25(19)20(26)12-18(24)21(27)28/h3-6,10-11,18H,1-2,7-9,12,24H2,(H,27,28)/t18-/m1/s1. The third-order valence-electron chi connectivity index (χ3n) is 4.83. The number of nitrogens with zero attached hydrogens (tertiary/aromatic N) is 1. The van der Waals surface area contributed by atoms with Gasteiger partial charge in [-0.25, -0.2) is 8.78 Å². The number of anilines is 1. The van der Waals surface area contributed by atoms with Gasteiger partial charge in [0.25, 0.3) is 0 Å². The van der Waals surface area contributed by atoms with Gasteiger partial charge in [0.05, 0.1) is 13.0 Å². The van der Waals surface area contributed by atoms with Crippen LogP contribution < -0.4 is 15.4 Å². The number of halogens is 2. The summed E-state index contributed by atoms with van der Waals surface area (Å²) in [6, 6.07) is 7.66. The molecule has 1 amide bonds. The lowest BCUT2D eigenvalue weighted by molar-refractivity contribution is -0.140. The molecule has 2 aromatic carbocycles. The fourth-order valence-corrected chi connectivity index (χ4v) is 3.29. The third-order valence-corrected chi connectivity index (χ3v) is 4.83. The lowest BCUT2D eigenvalue weighted by Crippen LogP contribution is -2.38. The predicted octanol–water partition coefficient (Wildman–Crippen LogP) is 2.67. The summed E-state index contributed by atoms with van der Waals surface area (Å²) in [4.78, 5) is 24.7. The van der Waals surface area contributed by atoms with Crippen LogP contribution in [0.2, 0.25) is 0 Å². The zero-order valence-corrected chi connectivity index (χ0v) is 15.7. The number of carboxylic acids is 1. The van der Waals surface area contributed by atoms with Crippen molar-refractivity contribution in [3.05, 3.63) is 59.2 Å². The Balaban J connectivity index is 1.53. The second-order valence-corrected chi connectivity index (χ2v) is 6.92. The molecule has 0 saturated carbocycles. The van der Waals surface area contributed by atoms with Crippen LogP contribution in [-0.2, 0) is 22.4 Å². The number of hydrogen-bond donors (Lipinski definition) is 2. The summed E-state index contributed by atoms with van der Waals surface area (Å²) in [5.41, 5.74) is 7.55. The quantitative estimate of drug-likeness (QED) is 0.660. The van der Waals surface area contributed by atoms with Crippen LogP contribution in [0, 0.1) is 11.6 Å². The normalized spacial score (nSPS) is 13.8. The van der Waals surface area contributed by atoms with Gasteiger partial charge in [0.1, 0.15) is 23.4 Å². The number of amides is 1. The number of carbonyl (C=O) groups is 2. The number of ether oxygens (including phenoxy) is 1. The van der Waals surface area contributed by atoms with E-state index < -0.39 is 23.6 Å². The van der Waals surface area contributed by atoms with E-state index in [1.807, 2.05) is 6.07 Å². The van der Waals surface area contributed by atoms with Crippen molar-refractivity contribution in [3.8, 4) is 5.75 Å². The smallest absolute Gasteiger partial charge is 0.321 e. The highest BCUT2D eigenvalue weighted by Gasteiger charge is 2.27. The molecule has 3 N–H and O–H groups in total. The third kappa shape index (κ3) is 5.08. The summed E-state index contributed by atoms with van der Waals surface area (Å²) in [7, 11) is 0. The molecule has 0 spiro atoms. The minimum absolute atomic E-state index is 0.257. The highest BCUT2D eigenvalue weighted by Crippen LogP contribution is 2.32. The molecule has 0 unspecified atom stereocenters. The highest BCUT2D eigenvalue weighted by atomic mass is 19.1. The Morgan fingerprint density at radius 2 is 2.00 bits per heavy atom. The Hall–Kier alpha value is -3.00. The number of nitrogens with two attached hydrogens (primary N) is 1. The van der Waals surface area contributed by atoms with Gasteiger partial charge in [-0.05, 0) is 54.7 Å². The molecule has 1 atom stereocenters. The van der Waals surface area contributed by atoms with E-state index >= 15 is 0 Å². The van der Waals surface area contributed by atoms with Crippen molar-refractivity contribution in [2.24, 2.45) is 5.73 Å². The first-order chi connectivity index (χ1) is 13.8. The molecular formula is C21H22F2N2O4. The van der Waals surface area contributed by atoms with Gasteiger partial charge in [0.2, 0.25) is 5.91 Å². The van der Waals surface area contributed by atoms with Crippen molar-refractivity contribution in [1.29, 1.82) is 0 Å². The molecule has 0 aromatic heterocycles. The molecular weight excluding hydrogens is 382 g/mol. The maximum atomic E-state index is 13.6. The molecule has 0 saturated heterocycles. The predicted molar refractivity (Wildman–Crippen MR) is 103 cm³/mol. The van der Waals surface area contributed by atoms with Crippen LogP contribution in [0.1, 0.15) is 24.0 Å². The van der Waals surface area contributed by atoms with Crippen molar-refractivity contribution >= 4 is 17.6 Å². The molecule has 6 nitrogen and oxygen atoms in total. The second kappa shape index (κ2) is 9.00. The minimum atomic E-state index is -1.22. The van der Waals surface area contributed by atoms with E-state index in [0.29, 0.717) is 43.7 Å². The number of aryl methyl sites for hydroxylation is 1. The summed E-state index contributed by atoms with van der Waals surface area (Å²) >= 11 is 0. The SMILES string of the molecule is N[C@H](CC(=O)N1CCc2cc(OCCCc3ccc(F)cc3F)ccc21)C(=O)O. The molecule has 0 bridgehead atoms. The number of benzene rings is 2. The largest absolute Gasteiger partial charge is 0.494 e. The second-order valence-electron chi connectivity index (χ2n) is 6.92. The molecule has 29 heavy (non-hydrogen) atoms. The van der Waals surface area contributed by atoms with E-state index in [9.17, 15) is 18.4 Å². The van der Waals surface area contributed by atoms with Crippen LogP contribution in [0.25, 0.3) is 0 Å². The summed E-state index contributed by atoms with van der Waals surface area (Å²) in [5.74, 6) is -2.05. The lowest BCUT2D eigenvalue weighted by Gasteiger charge is -2.18. The Morgan fingerprint density at radius 1 is 1.21 bits per heavy atom. The van der Waals surface area contributed by atoms with Gasteiger partial charge in [-0.1, -0.05) is 6.07 Å². The first-order valence-electron chi connectivity index (χ1n) is 9.33. The van der Waals surface area contributed by atoms with Crippen molar-refractivity contribution in [2.75, 3.05) is 18.1 Å². The van der Waals surface area contributed by atoms with Gasteiger partial charge in [-0.2, -0.15) is 0 Å². The molecule has 8 heteroatoms. The van der Waals surface area contributed by atoms with Crippen molar-refractivity contribution in [2.45, 2.75) is 31.7 Å². The maximum absolute atomic E-state index is 13.6. The number of fused-ring (bicyclic) bond motifs is 1. The summed E-state index contributed by atoms with van der Waals surface area (Å²) in [6.07, 6.45) is 1.38. The van der Waals surface area contributed by atoms with Crippen LogP contribution in [0.3, 0.4) is 0 Å². The Bertz CT molecular complexity index is 920. The first-order valence-corrected chi connectivity index (χ1v) is 9.33. The van der Waals surface area contributed by atoms with E-state index in [-0.39, 0.29) is 12.3 Å². The fourth-order valence-electron chi connectivity index (χ4n) is 3.29. The number of rotatable bonds is 8. The number of hydrogen-bond acceptors (Lipinski definition) is 4. The average Bonchev–Trinajstić information content (AvgIpc) is 3.09. The van der Waals surface area contributed by atoms with Gasteiger partial charge >= 0.3 is 5.97 Å². The molecule has 3 rings (SSSR count). The van der Waals surface area contributed by atoms with Crippen LogP contribution in [-0.4, -0.2) is 36.2 Å². The molecule has 1 heterocycles. The maximum Gasteiger partial charge on any atom is 0.321 e. The summed E-state index contributed by atoms with van der Waals surface area (Å²) < 4.78 is 32.3. The zero-order valence-electron chi connectivity index (χ0n) is 15.7. The van der Waals surface area contributed by atoms with E-state index in [1.165, 1.54) is 12.1 Å². The monoisotopic (exact) mass is 404 g/mol. The summed E-state index contributed by atoms with van der Waals surface area (Å²) in [6.45, 7) is 0.833. The molecule has 0 aliphatic carbocycles. The molecule has 154 valence electrons. The average molecular weight is 404 g/mol. The van der Waals surface area contributed by atoms with Crippen molar-refractivity contribution in [3.63, 3.8) is 0 Å². The van der Waals surface area contributed by atoms with Crippen LogP contribution >= 0.6 is 0 Å². The van der Waals surface area contributed by atoms with E-state index in [0.717, 1.165) is 17.3 Å². The van der Waals surface area contributed by atoms with E-state index in [4.69, 9.17) is 15.6 Å².